The Morgan fingerprint density at radius 1 is 1.14 bits per heavy atom. The van der Waals surface area contributed by atoms with Crippen LogP contribution in [0, 0.1) is 12.8 Å². The number of rotatable bonds is 4. The Balaban J connectivity index is 1.72. The summed E-state index contributed by atoms with van der Waals surface area (Å²) in [6, 6.07) is 12.3. The van der Waals surface area contributed by atoms with Crippen molar-refractivity contribution in [1.29, 1.82) is 0 Å². The van der Waals surface area contributed by atoms with Gasteiger partial charge in [-0.05, 0) is 38.8 Å². The number of aryl methyl sites for hydroxylation is 1. The zero-order valence-corrected chi connectivity index (χ0v) is 12.5. The highest BCUT2D eigenvalue weighted by Crippen LogP contribution is 2.20. The molecule has 0 atom stereocenters. The number of nitrogens with zero attached hydrogens (tertiary/aromatic N) is 2. The first-order valence-corrected chi connectivity index (χ1v) is 7.67. The molecule has 0 bridgehead atoms. The predicted octanol–water partition coefficient (Wildman–Crippen LogP) is 2.86. The van der Waals surface area contributed by atoms with Gasteiger partial charge in [0.15, 0.2) is 0 Å². The van der Waals surface area contributed by atoms with Gasteiger partial charge in [-0.2, -0.15) is 0 Å². The van der Waals surface area contributed by atoms with E-state index in [0.29, 0.717) is 0 Å². The first-order valence-electron chi connectivity index (χ1n) is 7.67. The van der Waals surface area contributed by atoms with Gasteiger partial charge < -0.3 is 10.6 Å². The van der Waals surface area contributed by atoms with Crippen LogP contribution in [0.15, 0.2) is 36.4 Å². The average Bonchev–Trinajstić information content (AvgIpc) is 2.54. The molecule has 0 saturated carbocycles. The summed E-state index contributed by atoms with van der Waals surface area (Å²) in [4.78, 5) is 9.04. The lowest BCUT2D eigenvalue weighted by Gasteiger charge is -2.23. The Morgan fingerprint density at radius 2 is 1.90 bits per heavy atom. The van der Waals surface area contributed by atoms with E-state index in [9.17, 15) is 0 Å². The van der Waals surface area contributed by atoms with Crippen molar-refractivity contribution in [3.05, 3.63) is 42.2 Å². The maximum atomic E-state index is 4.54. The first kappa shape index (κ1) is 14.0. The van der Waals surface area contributed by atoms with Crippen LogP contribution in [0.3, 0.4) is 0 Å². The van der Waals surface area contributed by atoms with Crippen LogP contribution in [-0.2, 0) is 0 Å². The van der Waals surface area contributed by atoms with E-state index in [1.165, 1.54) is 12.8 Å². The molecule has 1 aromatic heterocycles. The van der Waals surface area contributed by atoms with E-state index >= 15 is 0 Å². The Morgan fingerprint density at radius 3 is 2.67 bits per heavy atom. The summed E-state index contributed by atoms with van der Waals surface area (Å²) >= 11 is 0. The fourth-order valence-electron chi connectivity index (χ4n) is 2.75. The summed E-state index contributed by atoms with van der Waals surface area (Å²) in [5.41, 5.74) is 2.11. The Bertz CT molecular complexity index is 577. The lowest BCUT2D eigenvalue weighted by atomic mass is 9.98. The summed E-state index contributed by atoms with van der Waals surface area (Å²) in [5, 5.41) is 6.89. The summed E-state index contributed by atoms with van der Waals surface area (Å²) < 4.78 is 0. The summed E-state index contributed by atoms with van der Waals surface area (Å²) in [5.74, 6) is 2.48. The lowest BCUT2D eigenvalue weighted by molar-refractivity contribution is 0.389. The Hall–Kier alpha value is -1.94. The number of aromatic nitrogens is 2. The van der Waals surface area contributed by atoms with Crippen molar-refractivity contribution in [3.63, 3.8) is 0 Å². The number of hydrogen-bond acceptors (Lipinski definition) is 4. The molecule has 1 aromatic carbocycles. The predicted molar refractivity (Wildman–Crippen MR) is 86.3 cm³/mol. The van der Waals surface area contributed by atoms with Gasteiger partial charge in [0, 0.05) is 18.2 Å². The van der Waals surface area contributed by atoms with Crippen LogP contribution in [-0.4, -0.2) is 29.6 Å². The zero-order valence-electron chi connectivity index (χ0n) is 12.5. The van der Waals surface area contributed by atoms with Crippen LogP contribution >= 0.6 is 0 Å². The molecule has 0 unspecified atom stereocenters. The molecule has 2 aromatic rings. The maximum Gasteiger partial charge on any atom is 0.130 e. The second kappa shape index (κ2) is 6.68. The third kappa shape index (κ3) is 3.79. The van der Waals surface area contributed by atoms with Crippen molar-refractivity contribution in [2.75, 3.05) is 25.0 Å². The normalized spacial score (nSPS) is 15.9. The molecular formula is C17H22N4. The minimum Gasteiger partial charge on any atom is -0.370 e. The molecule has 1 aliphatic heterocycles. The number of anilines is 1. The SMILES string of the molecule is Cc1nc(NCC2CCNCC2)cc(-c2ccccc2)n1. The van der Waals surface area contributed by atoms with Gasteiger partial charge in [-0.3, -0.25) is 0 Å². The molecule has 1 fully saturated rings. The van der Waals surface area contributed by atoms with Crippen LogP contribution in [0.4, 0.5) is 5.82 Å². The van der Waals surface area contributed by atoms with E-state index in [4.69, 9.17) is 0 Å². The minimum atomic E-state index is 0.738. The summed E-state index contributed by atoms with van der Waals surface area (Å²) in [6.07, 6.45) is 2.48. The molecule has 110 valence electrons. The molecule has 0 aliphatic carbocycles. The standard InChI is InChI=1S/C17H22N4/c1-13-20-16(15-5-3-2-4-6-15)11-17(21-13)19-12-14-7-9-18-10-8-14/h2-6,11,14,18H,7-10,12H2,1H3,(H,19,20,21). The molecule has 3 rings (SSSR count). The highest BCUT2D eigenvalue weighted by Gasteiger charge is 2.13. The van der Waals surface area contributed by atoms with Crippen molar-refractivity contribution >= 4 is 5.82 Å². The number of piperidine rings is 1. The van der Waals surface area contributed by atoms with Crippen molar-refractivity contribution in [1.82, 2.24) is 15.3 Å². The largest absolute Gasteiger partial charge is 0.370 e. The highest BCUT2D eigenvalue weighted by atomic mass is 15.0. The van der Waals surface area contributed by atoms with E-state index in [1.54, 1.807) is 0 Å². The van der Waals surface area contributed by atoms with Crippen LogP contribution in [0.25, 0.3) is 11.3 Å². The molecule has 0 amide bonds. The van der Waals surface area contributed by atoms with Crippen molar-refractivity contribution < 1.29 is 0 Å². The molecule has 2 N–H and O–H groups in total. The third-order valence-electron chi connectivity index (χ3n) is 3.94. The number of nitrogens with one attached hydrogen (secondary N) is 2. The van der Waals surface area contributed by atoms with Crippen LogP contribution in [0.5, 0.6) is 0 Å². The van der Waals surface area contributed by atoms with E-state index in [0.717, 1.165) is 48.5 Å². The molecule has 1 saturated heterocycles. The fourth-order valence-corrected chi connectivity index (χ4v) is 2.75. The van der Waals surface area contributed by atoms with E-state index in [1.807, 2.05) is 31.2 Å². The van der Waals surface area contributed by atoms with E-state index in [-0.39, 0.29) is 0 Å². The molecule has 0 radical (unpaired) electrons. The topological polar surface area (TPSA) is 49.8 Å². The van der Waals surface area contributed by atoms with Gasteiger partial charge in [0.2, 0.25) is 0 Å². The molecule has 2 heterocycles. The van der Waals surface area contributed by atoms with Gasteiger partial charge in [-0.1, -0.05) is 30.3 Å². The molecule has 0 spiro atoms. The molecule has 1 aliphatic rings. The van der Waals surface area contributed by atoms with Crippen molar-refractivity contribution in [2.45, 2.75) is 19.8 Å². The quantitative estimate of drug-likeness (QED) is 0.905. The smallest absolute Gasteiger partial charge is 0.130 e. The van der Waals surface area contributed by atoms with Gasteiger partial charge in [0.1, 0.15) is 11.6 Å². The Kier molecular flexibility index (Phi) is 4.46. The molecular weight excluding hydrogens is 260 g/mol. The monoisotopic (exact) mass is 282 g/mol. The molecule has 21 heavy (non-hydrogen) atoms. The van der Waals surface area contributed by atoms with Crippen LogP contribution < -0.4 is 10.6 Å². The van der Waals surface area contributed by atoms with Crippen molar-refractivity contribution in [2.24, 2.45) is 5.92 Å². The van der Waals surface area contributed by atoms with Crippen LogP contribution in [0.1, 0.15) is 18.7 Å². The maximum absolute atomic E-state index is 4.54. The van der Waals surface area contributed by atoms with Gasteiger partial charge in [0.05, 0.1) is 5.69 Å². The second-order valence-electron chi connectivity index (χ2n) is 5.63. The van der Waals surface area contributed by atoms with Gasteiger partial charge in [-0.25, -0.2) is 9.97 Å². The first-order chi connectivity index (χ1) is 10.3. The highest BCUT2D eigenvalue weighted by molar-refractivity contribution is 5.62. The fraction of sp³-hybridized carbons (Fsp3) is 0.412. The summed E-state index contributed by atoms with van der Waals surface area (Å²) in [6.45, 7) is 5.20. The number of benzene rings is 1. The third-order valence-corrected chi connectivity index (χ3v) is 3.94. The van der Waals surface area contributed by atoms with Crippen molar-refractivity contribution in [3.8, 4) is 11.3 Å². The molecule has 4 heteroatoms. The zero-order chi connectivity index (χ0) is 14.5. The lowest BCUT2D eigenvalue weighted by Crippen LogP contribution is -2.31. The number of hydrogen-bond donors (Lipinski definition) is 2. The van der Waals surface area contributed by atoms with Crippen LogP contribution in [0.2, 0.25) is 0 Å². The minimum absolute atomic E-state index is 0.738. The van der Waals surface area contributed by atoms with Gasteiger partial charge in [-0.15, -0.1) is 0 Å². The van der Waals surface area contributed by atoms with E-state index < -0.39 is 0 Å². The summed E-state index contributed by atoms with van der Waals surface area (Å²) in [7, 11) is 0. The van der Waals surface area contributed by atoms with Gasteiger partial charge >= 0.3 is 0 Å². The van der Waals surface area contributed by atoms with E-state index in [2.05, 4.69) is 32.7 Å². The Labute approximate surface area is 126 Å². The molecule has 4 nitrogen and oxygen atoms in total. The average molecular weight is 282 g/mol. The second-order valence-corrected chi connectivity index (χ2v) is 5.63. The van der Waals surface area contributed by atoms with Gasteiger partial charge in [0.25, 0.3) is 0 Å².